The maximum atomic E-state index is 11.3. The van der Waals surface area contributed by atoms with Crippen molar-refractivity contribution in [2.45, 2.75) is 44.8 Å². The first-order valence-corrected chi connectivity index (χ1v) is 5.09. The Morgan fingerprint density at radius 1 is 1.27 bits per heavy atom. The first kappa shape index (κ1) is 14.4. The monoisotopic (exact) mass is 217 g/mol. The molecular formula is C11H23NO3. The molecule has 0 aliphatic heterocycles. The van der Waals surface area contributed by atoms with E-state index in [4.69, 9.17) is 4.74 Å². The molecule has 0 bridgehead atoms. The van der Waals surface area contributed by atoms with Crippen LogP contribution in [0.2, 0.25) is 0 Å². The van der Waals surface area contributed by atoms with Crippen LogP contribution in [-0.2, 0) is 14.3 Å². The number of rotatable bonds is 6. The second kappa shape index (κ2) is 5.47. The summed E-state index contributed by atoms with van der Waals surface area (Å²) in [6.45, 7) is 5.99. The summed E-state index contributed by atoms with van der Waals surface area (Å²) in [6, 6.07) is 0. The third-order valence-electron chi connectivity index (χ3n) is 2.73. The van der Waals surface area contributed by atoms with Gasteiger partial charge in [-0.1, -0.05) is 0 Å². The first-order chi connectivity index (χ1) is 6.78. The van der Waals surface area contributed by atoms with Crippen molar-refractivity contribution in [3.8, 4) is 0 Å². The largest absolute Gasteiger partial charge is 0.469 e. The Kier molecular flexibility index (Phi) is 5.24. The molecule has 0 aromatic rings. The number of hydrogen-bond acceptors (Lipinski definition) is 4. The Morgan fingerprint density at radius 2 is 1.80 bits per heavy atom. The number of carbonyl (C=O) groups excluding carboxylic acids is 1. The Labute approximate surface area is 92.3 Å². The molecule has 15 heavy (non-hydrogen) atoms. The van der Waals surface area contributed by atoms with Gasteiger partial charge in [-0.05, 0) is 34.2 Å². The van der Waals surface area contributed by atoms with Gasteiger partial charge >= 0.3 is 5.97 Å². The van der Waals surface area contributed by atoms with Crippen molar-refractivity contribution in [3.05, 3.63) is 0 Å². The van der Waals surface area contributed by atoms with Crippen molar-refractivity contribution in [1.29, 1.82) is 0 Å². The van der Waals surface area contributed by atoms with E-state index in [0.29, 0.717) is 6.42 Å². The third-order valence-corrected chi connectivity index (χ3v) is 2.73. The zero-order valence-electron chi connectivity index (χ0n) is 10.6. The maximum Gasteiger partial charge on any atom is 0.307 e. The minimum Gasteiger partial charge on any atom is -0.469 e. The van der Waals surface area contributed by atoms with E-state index in [1.54, 1.807) is 7.11 Å². The van der Waals surface area contributed by atoms with Crippen LogP contribution >= 0.6 is 0 Å². The van der Waals surface area contributed by atoms with Gasteiger partial charge in [0.1, 0.15) is 0 Å². The molecule has 0 radical (unpaired) electrons. The minimum atomic E-state index is -0.299. The van der Waals surface area contributed by atoms with Crippen LogP contribution in [0.1, 0.15) is 33.6 Å². The Hall–Kier alpha value is -0.610. The average Bonchev–Trinajstić information content (AvgIpc) is 2.17. The lowest BCUT2D eigenvalue weighted by atomic mass is 9.85. The van der Waals surface area contributed by atoms with Gasteiger partial charge in [0, 0.05) is 12.6 Å². The van der Waals surface area contributed by atoms with Crippen molar-refractivity contribution < 1.29 is 14.3 Å². The molecular weight excluding hydrogens is 194 g/mol. The van der Waals surface area contributed by atoms with Crippen molar-refractivity contribution in [2.24, 2.45) is 0 Å². The molecule has 0 heterocycles. The fourth-order valence-electron chi connectivity index (χ4n) is 1.64. The lowest BCUT2D eigenvalue weighted by Gasteiger charge is -2.36. The Bertz CT molecular complexity index is 216. The smallest absolute Gasteiger partial charge is 0.307 e. The highest BCUT2D eigenvalue weighted by molar-refractivity contribution is 5.70. The van der Waals surface area contributed by atoms with Crippen LogP contribution in [0, 0.1) is 0 Å². The molecule has 1 N–H and O–H groups in total. The lowest BCUT2D eigenvalue weighted by Crippen LogP contribution is -2.47. The molecule has 4 heteroatoms. The second-order valence-electron chi connectivity index (χ2n) is 4.70. The topological polar surface area (TPSA) is 47.6 Å². The molecule has 0 amide bonds. The highest BCUT2D eigenvalue weighted by Crippen LogP contribution is 2.25. The number of ether oxygens (including phenoxy) is 2. The number of hydrogen-bond donors (Lipinski definition) is 1. The summed E-state index contributed by atoms with van der Waals surface area (Å²) in [5.74, 6) is -0.209. The van der Waals surface area contributed by atoms with Crippen LogP contribution in [0.15, 0.2) is 0 Å². The van der Waals surface area contributed by atoms with E-state index in [1.165, 1.54) is 7.11 Å². The van der Waals surface area contributed by atoms with Gasteiger partial charge in [0.05, 0.1) is 19.1 Å². The molecule has 4 nitrogen and oxygen atoms in total. The summed E-state index contributed by atoms with van der Waals surface area (Å²) >= 11 is 0. The van der Waals surface area contributed by atoms with Crippen molar-refractivity contribution in [3.63, 3.8) is 0 Å². The zero-order chi connectivity index (χ0) is 12.1. The average molecular weight is 217 g/mol. The molecule has 1 unspecified atom stereocenters. The molecule has 0 aromatic carbocycles. The predicted molar refractivity (Wildman–Crippen MR) is 59.8 cm³/mol. The highest BCUT2D eigenvalue weighted by atomic mass is 16.5. The molecule has 0 fully saturated rings. The number of nitrogens with one attached hydrogen (secondary N) is 1. The maximum absolute atomic E-state index is 11.3. The van der Waals surface area contributed by atoms with E-state index in [0.717, 1.165) is 6.42 Å². The van der Waals surface area contributed by atoms with Gasteiger partial charge in [-0.25, -0.2) is 0 Å². The molecule has 0 rings (SSSR count). The molecule has 0 spiro atoms. The second-order valence-corrected chi connectivity index (χ2v) is 4.70. The molecule has 0 aliphatic carbocycles. The molecule has 0 saturated heterocycles. The minimum absolute atomic E-state index is 0.209. The van der Waals surface area contributed by atoms with E-state index in [-0.39, 0.29) is 17.1 Å². The summed E-state index contributed by atoms with van der Waals surface area (Å²) in [4.78, 5) is 11.3. The van der Waals surface area contributed by atoms with Crippen LogP contribution in [0.5, 0.6) is 0 Å². The van der Waals surface area contributed by atoms with Crippen molar-refractivity contribution in [1.82, 2.24) is 5.32 Å². The fourth-order valence-corrected chi connectivity index (χ4v) is 1.64. The van der Waals surface area contributed by atoms with Gasteiger partial charge in [0.15, 0.2) is 0 Å². The quantitative estimate of drug-likeness (QED) is 0.682. The number of methoxy groups -OCH3 is 2. The van der Waals surface area contributed by atoms with Crippen LogP contribution in [0.3, 0.4) is 0 Å². The normalized spacial score (nSPS) is 15.9. The van der Waals surface area contributed by atoms with Gasteiger partial charge in [-0.15, -0.1) is 0 Å². The summed E-state index contributed by atoms with van der Waals surface area (Å²) in [5.41, 5.74) is -0.557. The van der Waals surface area contributed by atoms with Crippen LogP contribution in [-0.4, -0.2) is 38.4 Å². The van der Waals surface area contributed by atoms with Crippen LogP contribution in [0.4, 0.5) is 0 Å². The molecule has 90 valence electrons. The summed E-state index contributed by atoms with van der Waals surface area (Å²) in [6.07, 6.45) is 1.08. The molecule has 1 atom stereocenters. The van der Waals surface area contributed by atoms with Gasteiger partial charge in [0.25, 0.3) is 0 Å². The highest BCUT2D eigenvalue weighted by Gasteiger charge is 2.33. The zero-order valence-corrected chi connectivity index (χ0v) is 10.6. The van der Waals surface area contributed by atoms with E-state index in [1.807, 2.05) is 27.8 Å². The SMILES string of the molecule is CNC(C)(CC(=O)OC)CC(C)(C)OC. The number of carbonyl (C=O) groups is 1. The lowest BCUT2D eigenvalue weighted by molar-refractivity contribution is -0.142. The van der Waals surface area contributed by atoms with Gasteiger partial charge in [-0.3, -0.25) is 4.79 Å². The predicted octanol–water partition coefficient (Wildman–Crippen LogP) is 1.34. The third kappa shape index (κ3) is 5.14. The van der Waals surface area contributed by atoms with E-state index >= 15 is 0 Å². The molecule has 0 saturated carbocycles. The molecule has 0 aromatic heterocycles. The Balaban J connectivity index is 4.50. The van der Waals surface area contributed by atoms with Crippen LogP contribution < -0.4 is 5.32 Å². The first-order valence-electron chi connectivity index (χ1n) is 5.09. The number of esters is 1. The van der Waals surface area contributed by atoms with E-state index in [2.05, 4.69) is 10.1 Å². The standard InChI is InChI=1S/C11H23NO3/c1-10(2,15-6)8-11(3,12-4)7-9(13)14-5/h12H,7-8H2,1-6H3. The van der Waals surface area contributed by atoms with Crippen molar-refractivity contribution >= 4 is 5.97 Å². The summed E-state index contributed by atoms with van der Waals surface area (Å²) in [5, 5.41) is 3.15. The summed E-state index contributed by atoms with van der Waals surface area (Å²) in [7, 11) is 4.92. The van der Waals surface area contributed by atoms with E-state index < -0.39 is 0 Å². The summed E-state index contributed by atoms with van der Waals surface area (Å²) < 4.78 is 10.0. The van der Waals surface area contributed by atoms with E-state index in [9.17, 15) is 4.79 Å². The van der Waals surface area contributed by atoms with Crippen LogP contribution in [0.25, 0.3) is 0 Å². The van der Waals surface area contributed by atoms with Gasteiger partial charge in [0.2, 0.25) is 0 Å². The molecule has 0 aliphatic rings. The fraction of sp³-hybridized carbons (Fsp3) is 0.909. The Morgan fingerprint density at radius 3 is 2.13 bits per heavy atom. The van der Waals surface area contributed by atoms with Gasteiger partial charge < -0.3 is 14.8 Å². The van der Waals surface area contributed by atoms with Crippen molar-refractivity contribution in [2.75, 3.05) is 21.3 Å². The van der Waals surface area contributed by atoms with Gasteiger partial charge in [-0.2, -0.15) is 0 Å².